The predicted octanol–water partition coefficient (Wildman–Crippen LogP) is 3.74. The molecule has 134 valence electrons. The molecule has 0 aliphatic carbocycles. The number of hydrogen-bond acceptors (Lipinski definition) is 4. The first-order valence-corrected chi connectivity index (χ1v) is 8.78. The Bertz CT molecular complexity index is 727. The number of benzene rings is 2. The summed E-state index contributed by atoms with van der Waals surface area (Å²) in [5.41, 5.74) is 4.92. The molecule has 0 amide bonds. The molecule has 1 aliphatic heterocycles. The molecule has 4 nitrogen and oxygen atoms in total. The standard InChI is InChI=1S/C21H27NO3/c1-14-5-7-17(8-6-14)22-10-9-16-11-19(24-3)20(25-4)12-18(16)21(22)15(2)13-23/h5-8,11-12,15,21,23H,9-10,13H2,1-4H3/t15-,21-/m0/s1. The van der Waals surface area contributed by atoms with Crippen molar-refractivity contribution >= 4 is 5.69 Å². The Labute approximate surface area is 150 Å². The van der Waals surface area contributed by atoms with Crippen molar-refractivity contribution in [3.8, 4) is 11.5 Å². The summed E-state index contributed by atoms with van der Waals surface area (Å²) in [5.74, 6) is 1.61. The van der Waals surface area contributed by atoms with Gasteiger partial charge in [-0.1, -0.05) is 24.6 Å². The third-order valence-electron chi connectivity index (χ3n) is 5.11. The van der Waals surface area contributed by atoms with E-state index < -0.39 is 0 Å². The van der Waals surface area contributed by atoms with Gasteiger partial charge in [-0.05, 0) is 48.7 Å². The average Bonchev–Trinajstić information content (AvgIpc) is 2.65. The monoisotopic (exact) mass is 341 g/mol. The zero-order valence-corrected chi connectivity index (χ0v) is 15.5. The minimum atomic E-state index is 0.108. The van der Waals surface area contributed by atoms with Crippen LogP contribution in [0.25, 0.3) is 0 Å². The first kappa shape index (κ1) is 17.6. The van der Waals surface area contributed by atoms with Crippen LogP contribution in [-0.4, -0.2) is 32.5 Å². The first-order chi connectivity index (χ1) is 12.1. The van der Waals surface area contributed by atoms with E-state index in [0.29, 0.717) is 0 Å². The van der Waals surface area contributed by atoms with Crippen molar-refractivity contribution in [1.82, 2.24) is 0 Å². The highest BCUT2D eigenvalue weighted by Gasteiger charge is 2.32. The van der Waals surface area contributed by atoms with Crippen molar-refractivity contribution < 1.29 is 14.6 Å². The van der Waals surface area contributed by atoms with Crippen LogP contribution in [0.15, 0.2) is 36.4 Å². The summed E-state index contributed by atoms with van der Waals surface area (Å²) in [5, 5.41) is 9.87. The number of aliphatic hydroxyl groups excluding tert-OH is 1. The third kappa shape index (κ3) is 3.31. The minimum absolute atomic E-state index is 0.108. The lowest BCUT2D eigenvalue weighted by molar-refractivity contribution is 0.210. The van der Waals surface area contributed by atoms with Crippen molar-refractivity contribution in [3.05, 3.63) is 53.1 Å². The van der Waals surface area contributed by atoms with Crippen LogP contribution in [0.4, 0.5) is 5.69 Å². The van der Waals surface area contributed by atoms with Gasteiger partial charge in [0.15, 0.2) is 11.5 Å². The Morgan fingerprint density at radius 1 is 1.12 bits per heavy atom. The van der Waals surface area contributed by atoms with Gasteiger partial charge in [0.2, 0.25) is 0 Å². The van der Waals surface area contributed by atoms with E-state index in [9.17, 15) is 5.11 Å². The zero-order chi connectivity index (χ0) is 18.0. The van der Waals surface area contributed by atoms with Gasteiger partial charge >= 0.3 is 0 Å². The molecule has 4 heteroatoms. The zero-order valence-electron chi connectivity index (χ0n) is 15.5. The largest absolute Gasteiger partial charge is 0.493 e. The maximum Gasteiger partial charge on any atom is 0.161 e. The molecule has 0 saturated carbocycles. The number of methoxy groups -OCH3 is 2. The van der Waals surface area contributed by atoms with Gasteiger partial charge < -0.3 is 19.5 Å². The van der Waals surface area contributed by atoms with E-state index in [0.717, 1.165) is 24.5 Å². The van der Waals surface area contributed by atoms with Crippen LogP contribution in [0.2, 0.25) is 0 Å². The summed E-state index contributed by atoms with van der Waals surface area (Å²) in [7, 11) is 3.33. The summed E-state index contributed by atoms with van der Waals surface area (Å²) in [4.78, 5) is 2.40. The van der Waals surface area contributed by atoms with Gasteiger partial charge in [0.25, 0.3) is 0 Å². The second kappa shape index (κ2) is 7.36. The van der Waals surface area contributed by atoms with Crippen LogP contribution >= 0.6 is 0 Å². The first-order valence-electron chi connectivity index (χ1n) is 8.78. The summed E-state index contributed by atoms with van der Waals surface area (Å²) >= 11 is 0. The lowest BCUT2D eigenvalue weighted by Crippen LogP contribution is -2.39. The highest BCUT2D eigenvalue weighted by molar-refractivity contribution is 5.56. The van der Waals surface area contributed by atoms with Gasteiger partial charge in [-0.3, -0.25) is 0 Å². The molecular weight excluding hydrogens is 314 g/mol. The molecule has 25 heavy (non-hydrogen) atoms. The molecule has 0 saturated heterocycles. The van der Waals surface area contributed by atoms with Gasteiger partial charge in [-0.2, -0.15) is 0 Å². The second-order valence-electron chi connectivity index (χ2n) is 6.79. The molecule has 1 aliphatic rings. The van der Waals surface area contributed by atoms with Gasteiger partial charge in [0, 0.05) is 24.8 Å². The van der Waals surface area contributed by atoms with Crippen LogP contribution in [0.3, 0.4) is 0 Å². The maximum absolute atomic E-state index is 9.87. The molecule has 0 bridgehead atoms. The molecule has 3 rings (SSSR count). The van der Waals surface area contributed by atoms with E-state index in [1.165, 1.54) is 22.4 Å². The molecule has 2 aromatic carbocycles. The highest BCUT2D eigenvalue weighted by atomic mass is 16.5. The maximum atomic E-state index is 9.87. The van der Waals surface area contributed by atoms with Crippen molar-refractivity contribution in [3.63, 3.8) is 0 Å². The highest BCUT2D eigenvalue weighted by Crippen LogP contribution is 2.42. The molecular formula is C21H27NO3. The fourth-order valence-corrected chi connectivity index (χ4v) is 3.72. The molecule has 0 spiro atoms. The Kier molecular flexibility index (Phi) is 5.19. The third-order valence-corrected chi connectivity index (χ3v) is 5.11. The smallest absolute Gasteiger partial charge is 0.161 e. The van der Waals surface area contributed by atoms with Crippen LogP contribution in [0.5, 0.6) is 11.5 Å². The average molecular weight is 341 g/mol. The van der Waals surface area contributed by atoms with Gasteiger partial charge in [-0.15, -0.1) is 0 Å². The summed E-state index contributed by atoms with van der Waals surface area (Å²) in [6.45, 7) is 5.25. The van der Waals surface area contributed by atoms with Crippen LogP contribution in [-0.2, 0) is 6.42 Å². The van der Waals surface area contributed by atoms with E-state index in [-0.39, 0.29) is 18.6 Å². The Balaban J connectivity index is 2.08. The number of rotatable bonds is 5. The lowest BCUT2D eigenvalue weighted by atomic mass is 9.85. The molecule has 1 N–H and O–H groups in total. The van der Waals surface area contributed by atoms with Gasteiger partial charge in [0.05, 0.1) is 20.3 Å². The molecule has 1 heterocycles. The summed E-state index contributed by atoms with van der Waals surface area (Å²) < 4.78 is 11.0. The van der Waals surface area contributed by atoms with E-state index in [4.69, 9.17) is 9.47 Å². The van der Waals surface area contributed by atoms with E-state index in [1.807, 2.05) is 0 Å². The summed E-state index contributed by atoms with van der Waals surface area (Å²) in [6, 6.07) is 12.9. The fraction of sp³-hybridized carbons (Fsp3) is 0.429. The van der Waals surface area contributed by atoms with Gasteiger partial charge in [0.1, 0.15) is 0 Å². The van der Waals surface area contributed by atoms with Gasteiger partial charge in [-0.25, -0.2) is 0 Å². The molecule has 0 aromatic heterocycles. The van der Waals surface area contributed by atoms with Crippen LogP contribution in [0.1, 0.15) is 29.7 Å². The number of fused-ring (bicyclic) bond motifs is 1. The number of nitrogens with zero attached hydrogens (tertiary/aromatic N) is 1. The molecule has 0 radical (unpaired) electrons. The van der Waals surface area contributed by atoms with Crippen molar-refractivity contribution in [2.24, 2.45) is 5.92 Å². The normalized spacial score (nSPS) is 17.8. The van der Waals surface area contributed by atoms with E-state index in [2.05, 4.69) is 55.1 Å². The van der Waals surface area contributed by atoms with E-state index in [1.54, 1.807) is 14.2 Å². The van der Waals surface area contributed by atoms with Crippen molar-refractivity contribution in [1.29, 1.82) is 0 Å². The second-order valence-corrected chi connectivity index (χ2v) is 6.79. The number of aliphatic hydroxyl groups is 1. The summed E-state index contributed by atoms with van der Waals surface area (Å²) in [6.07, 6.45) is 0.943. The minimum Gasteiger partial charge on any atom is -0.493 e. The molecule has 0 unspecified atom stereocenters. The van der Waals surface area contributed by atoms with Crippen LogP contribution in [0, 0.1) is 12.8 Å². The molecule has 2 aromatic rings. The van der Waals surface area contributed by atoms with Crippen LogP contribution < -0.4 is 14.4 Å². The number of aryl methyl sites for hydroxylation is 1. The number of ether oxygens (including phenoxy) is 2. The molecule has 0 fully saturated rings. The fourth-order valence-electron chi connectivity index (χ4n) is 3.72. The predicted molar refractivity (Wildman–Crippen MR) is 101 cm³/mol. The lowest BCUT2D eigenvalue weighted by Gasteiger charge is -2.42. The van der Waals surface area contributed by atoms with Crippen molar-refractivity contribution in [2.45, 2.75) is 26.3 Å². The topological polar surface area (TPSA) is 41.9 Å². The van der Waals surface area contributed by atoms with Crippen molar-refractivity contribution in [2.75, 3.05) is 32.3 Å². The Morgan fingerprint density at radius 2 is 1.76 bits per heavy atom. The SMILES string of the molecule is COc1cc2c(cc1OC)[C@H]([C@@H](C)CO)N(c1ccc(C)cc1)CC2. The van der Waals surface area contributed by atoms with E-state index >= 15 is 0 Å². The number of anilines is 1. The molecule has 2 atom stereocenters. The Morgan fingerprint density at radius 3 is 2.36 bits per heavy atom. The number of hydrogen-bond donors (Lipinski definition) is 1. The quantitative estimate of drug-likeness (QED) is 0.899. The Hall–Kier alpha value is -2.20.